The van der Waals surface area contributed by atoms with Gasteiger partial charge in [-0.25, -0.2) is 4.79 Å². The van der Waals surface area contributed by atoms with Crippen LogP contribution in [0.5, 0.6) is 0 Å². The van der Waals surface area contributed by atoms with E-state index in [1.165, 1.54) is 4.90 Å². The lowest BCUT2D eigenvalue weighted by Gasteiger charge is -2.45. The van der Waals surface area contributed by atoms with Gasteiger partial charge in [0.15, 0.2) is 0 Å². The van der Waals surface area contributed by atoms with Gasteiger partial charge in [0, 0.05) is 11.8 Å². The predicted molar refractivity (Wildman–Crippen MR) is 142 cm³/mol. The van der Waals surface area contributed by atoms with Gasteiger partial charge >= 0.3 is 5.97 Å². The zero-order chi connectivity index (χ0) is 26.2. The number of hydrogen-bond acceptors (Lipinski definition) is 4. The predicted octanol–water partition coefficient (Wildman–Crippen LogP) is 7.00. The highest BCUT2D eigenvalue weighted by Gasteiger charge is 2.61. The lowest BCUT2D eigenvalue weighted by atomic mass is 9.55. The highest BCUT2D eigenvalue weighted by Crippen LogP contribution is 2.60. The Kier molecular flexibility index (Phi) is 6.21. The maximum absolute atomic E-state index is 13.6. The van der Waals surface area contributed by atoms with Crippen molar-refractivity contribution in [3.8, 4) is 0 Å². The van der Waals surface area contributed by atoms with Crippen molar-refractivity contribution in [2.75, 3.05) is 13.2 Å². The summed E-state index contributed by atoms with van der Waals surface area (Å²) >= 11 is 30.4. The average molecular weight is 596 g/mol. The quantitative estimate of drug-likeness (QED) is 0.141. The minimum atomic E-state index is -0.896. The number of esters is 1. The minimum Gasteiger partial charge on any atom is -0.460 e. The summed E-state index contributed by atoms with van der Waals surface area (Å²) in [5.41, 5.74) is 4.11. The smallest absolute Gasteiger partial charge is 0.341 e. The standard InChI is InChI=1S/C27H16Cl5NO4/c28-20-19(21(29)23(31)24(32)22(20)30)27(36)37-10-9-33-25(34)17-15-11-5-1-2-6-12(11)16(18(17)26(33)35)14-8-4-3-7-13(14)15/h1-8,15-18H,9-10H2. The van der Waals surface area contributed by atoms with Gasteiger partial charge in [0.2, 0.25) is 11.8 Å². The van der Waals surface area contributed by atoms with E-state index < -0.39 is 17.8 Å². The van der Waals surface area contributed by atoms with Crippen LogP contribution < -0.4 is 0 Å². The van der Waals surface area contributed by atoms with Gasteiger partial charge in [0.1, 0.15) is 6.61 Å². The Labute approximate surface area is 237 Å². The van der Waals surface area contributed by atoms with E-state index in [-0.39, 0.29) is 67.5 Å². The van der Waals surface area contributed by atoms with Crippen LogP contribution in [0.3, 0.4) is 0 Å². The van der Waals surface area contributed by atoms with E-state index >= 15 is 0 Å². The van der Waals surface area contributed by atoms with Crippen molar-refractivity contribution in [2.24, 2.45) is 11.8 Å². The van der Waals surface area contributed by atoms with Gasteiger partial charge in [-0.2, -0.15) is 0 Å². The molecule has 37 heavy (non-hydrogen) atoms. The average Bonchev–Trinajstić information content (AvgIpc) is 3.16. The molecule has 2 atom stereocenters. The maximum Gasteiger partial charge on any atom is 0.341 e. The Morgan fingerprint density at radius 3 is 1.46 bits per heavy atom. The Hall–Kier alpha value is -2.28. The zero-order valence-corrected chi connectivity index (χ0v) is 22.6. The van der Waals surface area contributed by atoms with Crippen LogP contribution in [0, 0.1) is 11.8 Å². The first-order valence-corrected chi connectivity index (χ1v) is 13.3. The number of likely N-dealkylation sites (tertiary alicyclic amines) is 1. The monoisotopic (exact) mass is 593 g/mol. The third-order valence-electron chi connectivity index (χ3n) is 7.50. The number of benzene rings is 3. The van der Waals surface area contributed by atoms with Gasteiger partial charge in [0.05, 0.1) is 49.1 Å². The second kappa shape index (κ2) is 9.18. The van der Waals surface area contributed by atoms with Gasteiger partial charge in [-0.3, -0.25) is 14.5 Å². The van der Waals surface area contributed by atoms with E-state index in [1.54, 1.807) is 0 Å². The van der Waals surface area contributed by atoms with Crippen molar-refractivity contribution in [1.29, 1.82) is 0 Å². The number of ether oxygens (including phenoxy) is 1. The molecular weight excluding hydrogens is 580 g/mol. The summed E-state index contributed by atoms with van der Waals surface area (Å²) in [5, 5.41) is -0.737. The molecule has 10 heteroatoms. The highest BCUT2D eigenvalue weighted by atomic mass is 35.5. The van der Waals surface area contributed by atoms with Gasteiger partial charge in [-0.05, 0) is 22.3 Å². The van der Waals surface area contributed by atoms with Crippen LogP contribution in [-0.2, 0) is 14.3 Å². The van der Waals surface area contributed by atoms with Crippen molar-refractivity contribution in [3.05, 3.63) is 101 Å². The molecule has 3 aromatic carbocycles. The number of amides is 2. The molecule has 7 rings (SSSR count). The maximum atomic E-state index is 13.6. The number of hydrogen-bond donors (Lipinski definition) is 0. The van der Waals surface area contributed by atoms with Crippen molar-refractivity contribution in [2.45, 2.75) is 11.8 Å². The molecule has 0 aromatic heterocycles. The number of halogens is 5. The van der Waals surface area contributed by atoms with Crippen molar-refractivity contribution in [1.82, 2.24) is 4.90 Å². The Morgan fingerprint density at radius 2 is 1.05 bits per heavy atom. The number of carbonyl (C=O) groups is 3. The molecule has 1 fully saturated rings. The number of imide groups is 1. The number of carbonyl (C=O) groups excluding carboxylic acids is 3. The van der Waals surface area contributed by atoms with Crippen molar-refractivity contribution >= 4 is 75.8 Å². The fraction of sp³-hybridized carbons (Fsp3) is 0.222. The van der Waals surface area contributed by atoms with Crippen LogP contribution >= 0.6 is 58.0 Å². The van der Waals surface area contributed by atoms with Crippen LogP contribution in [0.25, 0.3) is 0 Å². The van der Waals surface area contributed by atoms with Gasteiger partial charge in [-0.15, -0.1) is 0 Å². The second-order valence-corrected chi connectivity index (χ2v) is 11.1. The van der Waals surface area contributed by atoms with Gasteiger partial charge in [-0.1, -0.05) is 107 Å². The summed E-state index contributed by atoms with van der Waals surface area (Å²) in [4.78, 5) is 41.2. The zero-order valence-electron chi connectivity index (χ0n) is 18.8. The highest BCUT2D eigenvalue weighted by molar-refractivity contribution is 6.56. The van der Waals surface area contributed by atoms with Crippen molar-refractivity contribution in [3.63, 3.8) is 0 Å². The lowest BCUT2D eigenvalue weighted by molar-refractivity contribution is -0.140. The minimum absolute atomic E-state index is 0.0811. The van der Waals surface area contributed by atoms with Crippen LogP contribution in [0.2, 0.25) is 25.1 Å². The second-order valence-electron chi connectivity index (χ2n) is 9.17. The van der Waals surface area contributed by atoms with Crippen LogP contribution in [0.4, 0.5) is 0 Å². The van der Waals surface area contributed by atoms with E-state index in [0.29, 0.717) is 0 Å². The first-order chi connectivity index (χ1) is 17.7. The molecular formula is C27H16Cl5NO4. The Balaban J connectivity index is 1.25. The molecule has 2 amide bonds. The van der Waals surface area contributed by atoms with E-state index in [1.807, 2.05) is 48.5 Å². The molecule has 4 aliphatic rings. The first kappa shape index (κ1) is 25.0. The van der Waals surface area contributed by atoms with Crippen molar-refractivity contribution < 1.29 is 19.1 Å². The summed E-state index contributed by atoms with van der Waals surface area (Å²) < 4.78 is 5.33. The summed E-state index contributed by atoms with van der Waals surface area (Å²) in [6.45, 7) is -0.359. The van der Waals surface area contributed by atoms with Gasteiger partial charge in [0.25, 0.3) is 0 Å². The lowest BCUT2D eigenvalue weighted by Crippen LogP contribution is -2.41. The number of nitrogens with zero attached hydrogens (tertiary/aromatic N) is 1. The van der Waals surface area contributed by atoms with E-state index in [9.17, 15) is 14.4 Å². The first-order valence-electron chi connectivity index (χ1n) is 11.5. The molecule has 1 saturated heterocycles. The fourth-order valence-electron chi connectivity index (χ4n) is 6.05. The summed E-state index contributed by atoms with van der Waals surface area (Å²) in [7, 11) is 0. The topological polar surface area (TPSA) is 63.7 Å². The SMILES string of the molecule is O=C(OCCN1C(=O)C2C3c4ccccc4C(c4ccccc43)C2C1=O)c1c(Cl)c(Cl)c(Cl)c(Cl)c1Cl. The fourth-order valence-corrected chi connectivity index (χ4v) is 7.34. The Bertz CT molecular complexity index is 1380. The molecule has 2 bridgehead atoms. The van der Waals surface area contributed by atoms with Crippen LogP contribution in [0.15, 0.2) is 48.5 Å². The summed E-state index contributed by atoms with van der Waals surface area (Å²) in [5.74, 6) is -2.85. The van der Waals surface area contributed by atoms with E-state index in [4.69, 9.17) is 62.7 Å². The Morgan fingerprint density at radius 1 is 0.676 bits per heavy atom. The molecule has 5 nitrogen and oxygen atoms in total. The van der Waals surface area contributed by atoms with Crippen LogP contribution in [0.1, 0.15) is 44.4 Å². The molecule has 1 aliphatic heterocycles. The third kappa shape index (κ3) is 3.55. The molecule has 188 valence electrons. The molecule has 0 spiro atoms. The molecule has 3 aromatic rings. The largest absolute Gasteiger partial charge is 0.460 e. The normalized spacial score (nSPS) is 23.1. The molecule has 0 radical (unpaired) electrons. The van der Waals surface area contributed by atoms with E-state index in [0.717, 1.165) is 22.3 Å². The summed E-state index contributed by atoms with van der Waals surface area (Å²) in [6.07, 6.45) is 0. The summed E-state index contributed by atoms with van der Waals surface area (Å²) in [6, 6.07) is 16.0. The molecule has 1 heterocycles. The van der Waals surface area contributed by atoms with Crippen LogP contribution in [-0.4, -0.2) is 35.8 Å². The molecule has 0 N–H and O–H groups in total. The molecule has 3 aliphatic carbocycles. The molecule has 2 unspecified atom stereocenters. The van der Waals surface area contributed by atoms with E-state index in [2.05, 4.69) is 0 Å². The number of rotatable bonds is 4. The van der Waals surface area contributed by atoms with Gasteiger partial charge < -0.3 is 4.74 Å². The third-order valence-corrected chi connectivity index (χ3v) is 9.78. The molecule has 0 saturated carbocycles.